The molecule has 5 aromatic rings. The average Bonchev–Trinajstić information content (AvgIpc) is 3.63. The van der Waals surface area contributed by atoms with Crippen LogP contribution in [0, 0.1) is 0 Å². The van der Waals surface area contributed by atoms with E-state index in [9.17, 15) is 4.79 Å². The van der Waals surface area contributed by atoms with E-state index in [1.54, 1.807) is 6.07 Å². The van der Waals surface area contributed by atoms with Crippen molar-refractivity contribution in [3.8, 4) is 17.1 Å². The maximum atomic E-state index is 12.5. The Kier molecular flexibility index (Phi) is 5.90. The Morgan fingerprint density at radius 2 is 1.97 bits per heavy atom. The van der Waals surface area contributed by atoms with Crippen LogP contribution in [-0.2, 0) is 17.7 Å². The number of nitrogens with one attached hydrogen (secondary N) is 1. The van der Waals surface area contributed by atoms with Crippen LogP contribution in [0.2, 0.25) is 0 Å². The first-order valence-corrected chi connectivity index (χ1v) is 11.3. The number of para-hydroxylation sites is 1. The van der Waals surface area contributed by atoms with Gasteiger partial charge < -0.3 is 13.9 Å². The van der Waals surface area contributed by atoms with Crippen molar-refractivity contribution in [2.24, 2.45) is 0 Å². The number of aromatic amines is 1. The number of carbonyl (C=O) groups excluding carboxylic acids is 1. The molecule has 0 saturated carbocycles. The zero-order valence-electron chi connectivity index (χ0n) is 19.1. The molecule has 9 heteroatoms. The van der Waals surface area contributed by atoms with E-state index in [2.05, 4.69) is 56.4 Å². The quantitative estimate of drug-likeness (QED) is 0.352. The molecular weight excluding hydrogens is 430 g/mol. The van der Waals surface area contributed by atoms with Gasteiger partial charge in [0.2, 0.25) is 5.82 Å². The molecule has 3 heterocycles. The van der Waals surface area contributed by atoms with Gasteiger partial charge in [0, 0.05) is 36.6 Å². The third-order valence-electron chi connectivity index (χ3n) is 5.88. The summed E-state index contributed by atoms with van der Waals surface area (Å²) in [6.07, 6.45) is 6.90. The van der Waals surface area contributed by atoms with E-state index in [0.717, 1.165) is 52.9 Å². The molecule has 34 heavy (non-hydrogen) atoms. The van der Waals surface area contributed by atoms with Crippen LogP contribution in [-0.4, -0.2) is 47.8 Å². The van der Waals surface area contributed by atoms with Crippen LogP contribution in [0.4, 0.5) is 0 Å². The van der Waals surface area contributed by atoms with Gasteiger partial charge in [0.15, 0.2) is 0 Å². The Morgan fingerprint density at radius 3 is 2.71 bits per heavy atom. The highest BCUT2D eigenvalue weighted by Crippen LogP contribution is 2.25. The lowest BCUT2D eigenvalue weighted by Gasteiger charge is -2.12. The van der Waals surface area contributed by atoms with Crippen LogP contribution in [0.1, 0.15) is 41.5 Å². The Labute approximate surface area is 196 Å². The van der Waals surface area contributed by atoms with Crippen LogP contribution in [0.25, 0.3) is 28.1 Å². The van der Waals surface area contributed by atoms with Crippen LogP contribution in [0.5, 0.6) is 0 Å². The molecule has 0 aliphatic rings. The lowest BCUT2D eigenvalue weighted by molar-refractivity contribution is 0.0602. The fraction of sp³-hybridized carbons (Fsp3) is 0.240. The van der Waals surface area contributed by atoms with E-state index in [-0.39, 0.29) is 5.97 Å². The summed E-state index contributed by atoms with van der Waals surface area (Å²) in [5, 5.41) is 14.1. The first-order chi connectivity index (χ1) is 16.7. The van der Waals surface area contributed by atoms with Gasteiger partial charge in [0.25, 0.3) is 0 Å². The Balaban J connectivity index is 1.47. The third-order valence-corrected chi connectivity index (χ3v) is 5.88. The molecule has 3 aromatic heterocycles. The van der Waals surface area contributed by atoms with E-state index >= 15 is 0 Å². The maximum Gasteiger partial charge on any atom is 0.340 e. The topological polar surface area (TPSA) is 104 Å². The Bertz CT molecular complexity index is 1420. The smallest absolute Gasteiger partial charge is 0.340 e. The molecule has 0 aliphatic carbocycles. The SMILES string of the molecule is CCCCc1nc2cccc(C(=O)OC)c2n1Cc1ccc(-n2ccc(-c3nn[nH]n3)c2)cc1. The summed E-state index contributed by atoms with van der Waals surface area (Å²) in [6.45, 7) is 2.78. The highest BCUT2D eigenvalue weighted by atomic mass is 16.5. The molecule has 9 nitrogen and oxygen atoms in total. The summed E-state index contributed by atoms with van der Waals surface area (Å²) in [6, 6.07) is 15.9. The van der Waals surface area contributed by atoms with Crippen LogP contribution in [0.15, 0.2) is 60.9 Å². The highest BCUT2D eigenvalue weighted by molar-refractivity contribution is 6.02. The number of tetrazole rings is 1. The van der Waals surface area contributed by atoms with Gasteiger partial charge in [-0.05, 0) is 47.5 Å². The lowest BCUT2D eigenvalue weighted by atomic mass is 10.1. The summed E-state index contributed by atoms with van der Waals surface area (Å²) < 4.78 is 9.20. The molecule has 0 fully saturated rings. The van der Waals surface area contributed by atoms with E-state index in [0.29, 0.717) is 17.9 Å². The summed E-state index contributed by atoms with van der Waals surface area (Å²) in [7, 11) is 1.41. The van der Waals surface area contributed by atoms with Gasteiger partial charge in [0.1, 0.15) is 5.82 Å². The van der Waals surface area contributed by atoms with Crippen molar-refractivity contribution in [3.05, 3.63) is 77.9 Å². The number of unbranched alkanes of at least 4 members (excludes halogenated alkanes) is 1. The van der Waals surface area contributed by atoms with Crippen LogP contribution in [0.3, 0.4) is 0 Å². The first-order valence-electron chi connectivity index (χ1n) is 11.3. The number of aryl methyl sites for hydroxylation is 1. The standard InChI is InChI=1S/C25H25N7O2/c1-3-4-8-22-26-21-7-5-6-20(25(33)34-2)23(21)32(22)15-17-9-11-19(12-10-17)31-14-13-18(16-31)24-27-29-30-28-24/h5-7,9-14,16H,3-4,8,15H2,1-2H3,(H,27,28,29,30). The number of fused-ring (bicyclic) bond motifs is 1. The molecule has 0 amide bonds. The van der Waals surface area contributed by atoms with Crippen molar-refractivity contribution >= 4 is 17.0 Å². The van der Waals surface area contributed by atoms with Crippen molar-refractivity contribution in [1.82, 2.24) is 34.7 Å². The fourth-order valence-electron chi connectivity index (χ4n) is 4.13. The molecular formula is C25H25N7O2. The number of benzene rings is 2. The second-order valence-electron chi connectivity index (χ2n) is 8.09. The zero-order chi connectivity index (χ0) is 23.5. The minimum atomic E-state index is -0.353. The van der Waals surface area contributed by atoms with Crippen molar-refractivity contribution in [3.63, 3.8) is 0 Å². The number of carbonyl (C=O) groups is 1. The maximum absolute atomic E-state index is 12.5. The third kappa shape index (κ3) is 4.07. The second-order valence-corrected chi connectivity index (χ2v) is 8.09. The molecule has 0 spiro atoms. The number of aromatic nitrogens is 7. The minimum Gasteiger partial charge on any atom is -0.465 e. The number of rotatable bonds is 8. The number of hydrogen-bond donors (Lipinski definition) is 1. The van der Waals surface area contributed by atoms with Gasteiger partial charge in [-0.15, -0.1) is 10.2 Å². The van der Waals surface area contributed by atoms with Crippen molar-refractivity contribution in [1.29, 1.82) is 0 Å². The van der Waals surface area contributed by atoms with Gasteiger partial charge in [-0.3, -0.25) is 0 Å². The molecule has 0 bridgehead atoms. The van der Waals surface area contributed by atoms with Crippen molar-refractivity contribution in [2.75, 3.05) is 7.11 Å². The van der Waals surface area contributed by atoms with E-state index in [1.165, 1.54) is 7.11 Å². The average molecular weight is 456 g/mol. The highest BCUT2D eigenvalue weighted by Gasteiger charge is 2.18. The summed E-state index contributed by atoms with van der Waals surface area (Å²) in [5.74, 6) is 1.19. The summed E-state index contributed by atoms with van der Waals surface area (Å²) in [5.41, 5.74) is 5.19. The van der Waals surface area contributed by atoms with Crippen molar-refractivity contribution in [2.45, 2.75) is 32.7 Å². The number of imidazole rings is 1. The molecule has 0 aliphatic heterocycles. The van der Waals surface area contributed by atoms with Gasteiger partial charge in [-0.1, -0.05) is 31.5 Å². The first kappa shape index (κ1) is 21.6. The molecule has 2 aromatic carbocycles. The summed E-state index contributed by atoms with van der Waals surface area (Å²) in [4.78, 5) is 17.3. The van der Waals surface area contributed by atoms with Crippen molar-refractivity contribution < 1.29 is 9.53 Å². The number of nitrogens with zero attached hydrogens (tertiary/aromatic N) is 6. The molecule has 0 radical (unpaired) electrons. The van der Waals surface area contributed by atoms with E-state index in [4.69, 9.17) is 9.72 Å². The molecule has 1 N–H and O–H groups in total. The number of esters is 1. The van der Waals surface area contributed by atoms with Crippen LogP contribution >= 0.6 is 0 Å². The number of methoxy groups -OCH3 is 1. The second kappa shape index (κ2) is 9.30. The predicted molar refractivity (Wildman–Crippen MR) is 128 cm³/mol. The Hall–Kier alpha value is -4.27. The van der Waals surface area contributed by atoms with Gasteiger partial charge in [-0.25, -0.2) is 9.78 Å². The molecule has 0 atom stereocenters. The summed E-state index contributed by atoms with van der Waals surface area (Å²) >= 11 is 0. The fourth-order valence-corrected chi connectivity index (χ4v) is 4.13. The molecule has 0 unspecified atom stereocenters. The predicted octanol–water partition coefficient (Wildman–Crippen LogP) is 4.18. The van der Waals surface area contributed by atoms with Gasteiger partial charge in [-0.2, -0.15) is 5.21 Å². The number of H-pyrrole nitrogens is 1. The monoisotopic (exact) mass is 455 g/mol. The van der Waals surface area contributed by atoms with E-state index in [1.807, 2.05) is 35.2 Å². The van der Waals surface area contributed by atoms with Crippen LogP contribution < -0.4 is 0 Å². The Morgan fingerprint density at radius 1 is 1.12 bits per heavy atom. The lowest BCUT2D eigenvalue weighted by Crippen LogP contribution is -2.09. The molecule has 5 rings (SSSR count). The number of ether oxygens (including phenoxy) is 1. The largest absolute Gasteiger partial charge is 0.465 e. The number of hydrogen-bond acceptors (Lipinski definition) is 6. The normalized spacial score (nSPS) is 11.2. The molecule has 0 saturated heterocycles. The van der Waals surface area contributed by atoms with Gasteiger partial charge >= 0.3 is 5.97 Å². The zero-order valence-corrected chi connectivity index (χ0v) is 19.1. The minimum absolute atomic E-state index is 0.353. The van der Waals surface area contributed by atoms with E-state index < -0.39 is 0 Å². The van der Waals surface area contributed by atoms with Gasteiger partial charge in [0.05, 0.1) is 23.7 Å². The molecule has 172 valence electrons.